The predicted octanol–water partition coefficient (Wildman–Crippen LogP) is 1.76. The predicted molar refractivity (Wildman–Crippen MR) is 64.9 cm³/mol. The molecule has 0 radical (unpaired) electrons. The van der Waals surface area contributed by atoms with Gasteiger partial charge in [-0.1, -0.05) is 12.8 Å². The molecular formula is C13H24N2O. The smallest absolute Gasteiger partial charge is 0.225 e. The number of rotatable bonds is 4. The first-order valence-electron chi connectivity index (χ1n) is 6.78. The summed E-state index contributed by atoms with van der Waals surface area (Å²) >= 11 is 0. The van der Waals surface area contributed by atoms with Crippen LogP contribution in [0, 0.1) is 11.8 Å². The van der Waals surface area contributed by atoms with Crippen molar-refractivity contribution < 1.29 is 4.79 Å². The van der Waals surface area contributed by atoms with Crippen LogP contribution in [0.2, 0.25) is 0 Å². The monoisotopic (exact) mass is 224 g/mol. The van der Waals surface area contributed by atoms with E-state index in [2.05, 4.69) is 11.8 Å². The molecule has 2 saturated carbocycles. The van der Waals surface area contributed by atoms with E-state index in [1.807, 2.05) is 0 Å². The quantitative estimate of drug-likeness (QED) is 0.791. The lowest BCUT2D eigenvalue weighted by Gasteiger charge is -2.37. The first-order chi connectivity index (χ1) is 7.77. The molecule has 2 atom stereocenters. The van der Waals surface area contributed by atoms with Crippen LogP contribution < -0.4 is 5.73 Å². The van der Waals surface area contributed by atoms with Crippen LogP contribution in [-0.4, -0.2) is 29.9 Å². The minimum atomic E-state index is 0.332. The molecule has 0 heterocycles. The highest BCUT2D eigenvalue weighted by molar-refractivity contribution is 5.80. The summed E-state index contributed by atoms with van der Waals surface area (Å²) in [5.74, 6) is 1.28. The van der Waals surface area contributed by atoms with Crippen LogP contribution in [0.25, 0.3) is 0 Å². The second-order valence-corrected chi connectivity index (χ2v) is 5.25. The molecule has 3 nitrogen and oxygen atoms in total. The van der Waals surface area contributed by atoms with Crippen LogP contribution in [-0.2, 0) is 4.79 Å². The van der Waals surface area contributed by atoms with Gasteiger partial charge in [0.2, 0.25) is 5.91 Å². The zero-order valence-corrected chi connectivity index (χ0v) is 10.3. The normalized spacial score (nSPS) is 30.1. The summed E-state index contributed by atoms with van der Waals surface area (Å²) in [4.78, 5) is 14.4. The number of carbonyl (C=O) groups excluding carboxylic acids is 1. The molecule has 2 rings (SSSR count). The molecule has 2 aliphatic carbocycles. The molecule has 0 saturated heterocycles. The maximum Gasteiger partial charge on any atom is 0.225 e. The van der Waals surface area contributed by atoms with Gasteiger partial charge in [-0.2, -0.15) is 0 Å². The Morgan fingerprint density at radius 1 is 1.25 bits per heavy atom. The molecular weight excluding hydrogens is 200 g/mol. The Morgan fingerprint density at radius 2 is 1.94 bits per heavy atom. The van der Waals surface area contributed by atoms with E-state index in [1.165, 1.54) is 19.3 Å². The van der Waals surface area contributed by atoms with E-state index in [0.717, 1.165) is 32.4 Å². The Labute approximate surface area is 98.4 Å². The molecule has 2 N–H and O–H groups in total. The molecule has 16 heavy (non-hydrogen) atoms. The van der Waals surface area contributed by atoms with E-state index in [9.17, 15) is 4.79 Å². The van der Waals surface area contributed by atoms with Crippen LogP contribution in [0.15, 0.2) is 0 Å². The molecule has 0 aromatic rings. The Kier molecular flexibility index (Phi) is 3.85. The van der Waals surface area contributed by atoms with Gasteiger partial charge in [0.15, 0.2) is 0 Å². The second-order valence-electron chi connectivity index (χ2n) is 5.25. The van der Waals surface area contributed by atoms with Gasteiger partial charge in [0.25, 0.3) is 0 Å². The largest absolute Gasteiger partial charge is 0.339 e. The first-order valence-corrected chi connectivity index (χ1v) is 6.78. The number of nitrogens with two attached hydrogens (primary N) is 1. The van der Waals surface area contributed by atoms with Crippen LogP contribution in [0.3, 0.4) is 0 Å². The highest BCUT2D eigenvalue weighted by atomic mass is 16.2. The van der Waals surface area contributed by atoms with E-state index in [0.29, 0.717) is 23.8 Å². The topological polar surface area (TPSA) is 46.3 Å². The fourth-order valence-electron chi connectivity index (χ4n) is 3.15. The zero-order valence-electron chi connectivity index (χ0n) is 10.3. The highest BCUT2D eigenvalue weighted by Gasteiger charge is 2.37. The maximum atomic E-state index is 12.3. The minimum absolute atomic E-state index is 0.332. The molecule has 2 aliphatic rings. The van der Waals surface area contributed by atoms with Gasteiger partial charge in [-0.15, -0.1) is 0 Å². The molecule has 0 aromatic carbocycles. The summed E-state index contributed by atoms with van der Waals surface area (Å²) in [5, 5.41) is 0. The van der Waals surface area contributed by atoms with E-state index in [4.69, 9.17) is 5.73 Å². The van der Waals surface area contributed by atoms with Crippen molar-refractivity contribution in [3.05, 3.63) is 0 Å². The molecule has 0 aromatic heterocycles. The third kappa shape index (κ3) is 2.10. The number of carbonyl (C=O) groups is 1. The maximum absolute atomic E-state index is 12.3. The number of hydrogen-bond donors (Lipinski definition) is 1. The van der Waals surface area contributed by atoms with Gasteiger partial charge in [0.1, 0.15) is 0 Å². The molecule has 2 unspecified atom stereocenters. The van der Waals surface area contributed by atoms with Gasteiger partial charge in [0, 0.05) is 18.5 Å². The van der Waals surface area contributed by atoms with Crippen LogP contribution in [0.4, 0.5) is 0 Å². The number of hydrogen-bond acceptors (Lipinski definition) is 2. The third-order valence-corrected chi connectivity index (χ3v) is 4.40. The van der Waals surface area contributed by atoms with E-state index in [-0.39, 0.29) is 0 Å². The van der Waals surface area contributed by atoms with Gasteiger partial charge in [-0.05, 0) is 45.1 Å². The summed E-state index contributed by atoms with van der Waals surface area (Å²) in [6, 6.07) is 0.433. The number of nitrogens with zero attached hydrogens (tertiary/aromatic N) is 1. The van der Waals surface area contributed by atoms with Gasteiger partial charge in [-0.25, -0.2) is 0 Å². The molecule has 92 valence electrons. The Balaban J connectivity index is 2.00. The Hall–Kier alpha value is -0.570. The molecule has 2 fully saturated rings. The fourth-order valence-corrected chi connectivity index (χ4v) is 3.15. The van der Waals surface area contributed by atoms with Crippen molar-refractivity contribution in [1.82, 2.24) is 4.90 Å². The van der Waals surface area contributed by atoms with Crippen molar-refractivity contribution in [1.29, 1.82) is 0 Å². The van der Waals surface area contributed by atoms with Crippen LogP contribution in [0.5, 0.6) is 0 Å². The van der Waals surface area contributed by atoms with Crippen molar-refractivity contribution in [2.24, 2.45) is 17.6 Å². The molecule has 3 heteroatoms. The van der Waals surface area contributed by atoms with Crippen LogP contribution >= 0.6 is 0 Å². The third-order valence-electron chi connectivity index (χ3n) is 4.40. The molecule has 0 spiro atoms. The van der Waals surface area contributed by atoms with E-state index < -0.39 is 0 Å². The van der Waals surface area contributed by atoms with Crippen molar-refractivity contribution >= 4 is 5.91 Å². The summed E-state index contributed by atoms with van der Waals surface area (Å²) in [6.45, 7) is 3.69. The van der Waals surface area contributed by atoms with Gasteiger partial charge < -0.3 is 10.6 Å². The lowest BCUT2D eigenvalue weighted by atomic mass is 9.83. The van der Waals surface area contributed by atoms with Gasteiger partial charge in [0.05, 0.1) is 0 Å². The highest BCUT2D eigenvalue weighted by Crippen LogP contribution is 2.34. The summed E-state index contributed by atoms with van der Waals surface area (Å²) < 4.78 is 0. The van der Waals surface area contributed by atoms with Crippen molar-refractivity contribution in [2.75, 3.05) is 13.1 Å². The Morgan fingerprint density at radius 3 is 2.44 bits per heavy atom. The second kappa shape index (κ2) is 5.17. The summed E-state index contributed by atoms with van der Waals surface area (Å²) in [7, 11) is 0. The SMILES string of the molecule is CCN(C(=O)C1CCC1)C1CCCC1CN. The fraction of sp³-hybridized carbons (Fsp3) is 0.923. The average molecular weight is 224 g/mol. The number of amides is 1. The van der Waals surface area contributed by atoms with Gasteiger partial charge in [-0.3, -0.25) is 4.79 Å². The Bertz CT molecular complexity index is 250. The zero-order chi connectivity index (χ0) is 11.5. The summed E-state index contributed by atoms with van der Waals surface area (Å²) in [5.41, 5.74) is 5.80. The van der Waals surface area contributed by atoms with Crippen LogP contribution in [0.1, 0.15) is 45.4 Å². The van der Waals surface area contributed by atoms with Crippen molar-refractivity contribution in [3.8, 4) is 0 Å². The molecule has 1 amide bonds. The summed E-state index contributed by atoms with van der Waals surface area (Å²) in [6.07, 6.45) is 7.05. The van der Waals surface area contributed by atoms with E-state index in [1.54, 1.807) is 0 Å². The van der Waals surface area contributed by atoms with Crippen molar-refractivity contribution in [2.45, 2.75) is 51.5 Å². The van der Waals surface area contributed by atoms with Gasteiger partial charge >= 0.3 is 0 Å². The minimum Gasteiger partial charge on any atom is -0.339 e. The lowest BCUT2D eigenvalue weighted by molar-refractivity contribution is -0.141. The average Bonchev–Trinajstić information content (AvgIpc) is 2.64. The first kappa shape index (κ1) is 11.9. The van der Waals surface area contributed by atoms with Crippen molar-refractivity contribution in [3.63, 3.8) is 0 Å². The molecule has 0 aliphatic heterocycles. The molecule has 0 bridgehead atoms. The van der Waals surface area contributed by atoms with E-state index >= 15 is 0 Å². The lowest BCUT2D eigenvalue weighted by Crippen LogP contribution is -2.47. The standard InChI is InChI=1S/C13H24N2O/c1-2-15(13(16)10-5-3-6-10)12-8-4-7-11(12)9-14/h10-12H,2-9,14H2,1H3.